The molecule has 0 fully saturated rings. The molecular formula is C19H17BrF3N3O2. The first kappa shape index (κ1) is 21.7. The van der Waals surface area contributed by atoms with E-state index < -0.39 is 35.7 Å². The Morgan fingerprint density at radius 1 is 1.36 bits per heavy atom. The van der Waals surface area contributed by atoms with Crippen molar-refractivity contribution in [3.63, 3.8) is 0 Å². The van der Waals surface area contributed by atoms with Crippen molar-refractivity contribution in [2.45, 2.75) is 26.9 Å². The van der Waals surface area contributed by atoms with Gasteiger partial charge in [-0.05, 0) is 54.4 Å². The van der Waals surface area contributed by atoms with Crippen molar-refractivity contribution in [3.05, 3.63) is 51.1 Å². The van der Waals surface area contributed by atoms with Gasteiger partial charge in [0.15, 0.2) is 6.61 Å². The summed E-state index contributed by atoms with van der Waals surface area (Å²) >= 11 is 2.83. The van der Waals surface area contributed by atoms with E-state index in [9.17, 15) is 23.2 Å². The Balaban J connectivity index is 2.32. The van der Waals surface area contributed by atoms with E-state index in [0.29, 0.717) is 12.2 Å². The van der Waals surface area contributed by atoms with Crippen LogP contribution in [0.1, 0.15) is 29.3 Å². The molecule has 0 aliphatic carbocycles. The van der Waals surface area contributed by atoms with Gasteiger partial charge in [0, 0.05) is 12.2 Å². The number of hydrogen-bond acceptors (Lipinski definition) is 4. The Morgan fingerprint density at radius 2 is 2.04 bits per heavy atom. The van der Waals surface area contributed by atoms with Crippen LogP contribution >= 0.6 is 15.9 Å². The molecule has 0 atom stereocenters. The molecule has 0 unspecified atom stereocenters. The normalized spacial score (nSPS) is 11.1. The molecule has 0 aliphatic rings. The Labute approximate surface area is 168 Å². The predicted molar refractivity (Wildman–Crippen MR) is 101 cm³/mol. The Bertz CT molecular complexity index is 939. The average molecular weight is 456 g/mol. The molecule has 0 N–H and O–H groups in total. The number of aromatic nitrogens is 1. The molecule has 2 rings (SSSR count). The number of benzene rings is 1. The third-order valence-corrected chi connectivity index (χ3v) is 4.90. The van der Waals surface area contributed by atoms with Crippen molar-refractivity contribution in [2.75, 3.05) is 18.1 Å². The molecule has 1 heterocycles. The van der Waals surface area contributed by atoms with Gasteiger partial charge in [0.2, 0.25) is 5.88 Å². The van der Waals surface area contributed by atoms with E-state index in [1.165, 1.54) is 17.9 Å². The minimum Gasteiger partial charge on any atom is -0.467 e. The maximum absolute atomic E-state index is 13.4. The van der Waals surface area contributed by atoms with E-state index in [-0.39, 0.29) is 10.2 Å². The Morgan fingerprint density at radius 3 is 2.57 bits per heavy atom. The van der Waals surface area contributed by atoms with E-state index in [1.807, 2.05) is 19.1 Å². The number of halogens is 4. The molecule has 1 amide bonds. The van der Waals surface area contributed by atoms with Gasteiger partial charge in [-0.1, -0.05) is 12.1 Å². The molecule has 0 aliphatic heterocycles. The smallest absolute Gasteiger partial charge is 0.419 e. The van der Waals surface area contributed by atoms with Crippen molar-refractivity contribution in [2.24, 2.45) is 0 Å². The summed E-state index contributed by atoms with van der Waals surface area (Å²) in [5, 5.41) is 9.22. The average Bonchev–Trinajstić information content (AvgIpc) is 2.61. The zero-order valence-electron chi connectivity index (χ0n) is 15.4. The lowest BCUT2D eigenvalue weighted by atomic mass is 10.1. The number of nitriles is 1. The lowest BCUT2D eigenvalue weighted by Gasteiger charge is -2.22. The molecule has 0 bridgehead atoms. The zero-order chi connectivity index (χ0) is 21.1. The first-order chi connectivity index (χ1) is 13.1. The monoisotopic (exact) mass is 455 g/mol. The third kappa shape index (κ3) is 4.62. The number of carbonyl (C=O) groups is 1. The van der Waals surface area contributed by atoms with Crippen LogP contribution in [-0.2, 0) is 11.0 Å². The summed E-state index contributed by atoms with van der Waals surface area (Å²) in [6, 6.07) is 8.72. The van der Waals surface area contributed by atoms with Crippen LogP contribution in [0.3, 0.4) is 0 Å². The van der Waals surface area contributed by atoms with Gasteiger partial charge in [0.1, 0.15) is 11.6 Å². The van der Waals surface area contributed by atoms with Gasteiger partial charge in [0.25, 0.3) is 5.91 Å². The molecule has 9 heteroatoms. The number of likely N-dealkylation sites (N-methyl/N-ethyl adjacent to an activating group) is 1. The van der Waals surface area contributed by atoms with Crippen LogP contribution in [0.4, 0.5) is 18.9 Å². The number of aryl methyl sites for hydroxylation is 2. The summed E-state index contributed by atoms with van der Waals surface area (Å²) < 4.78 is 45.0. The molecule has 5 nitrogen and oxygen atoms in total. The third-order valence-electron chi connectivity index (χ3n) is 3.93. The number of anilines is 1. The number of ether oxygens (including phenoxy) is 1. The Kier molecular flexibility index (Phi) is 6.67. The summed E-state index contributed by atoms with van der Waals surface area (Å²) in [7, 11) is 0. The molecule has 2 aromatic rings. The molecule has 1 aromatic heterocycles. The molecular weight excluding hydrogens is 439 g/mol. The molecule has 0 saturated heterocycles. The van der Waals surface area contributed by atoms with Gasteiger partial charge in [-0.2, -0.15) is 18.4 Å². The van der Waals surface area contributed by atoms with Crippen LogP contribution in [0.2, 0.25) is 0 Å². The number of amides is 1. The van der Waals surface area contributed by atoms with Gasteiger partial charge in [0.05, 0.1) is 15.7 Å². The minimum absolute atomic E-state index is 0.000180. The van der Waals surface area contributed by atoms with Crippen molar-refractivity contribution >= 4 is 27.5 Å². The minimum atomic E-state index is -4.78. The highest BCUT2D eigenvalue weighted by atomic mass is 79.9. The van der Waals surface area contributed by atoms with Crippen molar-refractivity contribution in [1.29, 1.82) is 5.26 Å². The van der Waals surface area contributed by atoms with Crippen LogP contribution in [0.15, 0.2) is 28.7 Å². The number of pyridine rings is 1. The van der Waals surface area contributed by atoms with Gasteiger partial charge < -0.3 is 9.64 Å². The highest BCUT2D eigenvalue weighted by Crippen LogP contribution is 2.41. The molecule has 0 saturated carbocycles. The van der Waals surface area contributed by atoms with Crippen LogP contribution < -0.4 is 9.64 Å². The standard InChI is InChI=1S/C19H17BrF3N3O2/c1-4-26(13-7-5-6-11(2)8-13)15(27)10-28-18-14(9-24)16(19(21,22)23)17(20)12(3)25-18/h5-8H,4,10H2,1-3H3. The lowest BCUT2D eigenvalue weighted by Crippen LogP contribution is -2.35. The van der Waals surface area contributed by atoms with Crippen LogP contribution in [0.5, 0.6) is 5.88 Å². The maximum atomic E-state index is 13.4. The summed E-state index contributed by atoms with van der Waals surface area (Å²) in [6.45, 7) is 4.79. The second kappa shape index (κ2) is 8.61. The largest absolute Gasteiger partial charge is 0.467 e. The zero-order valence-corrected chi connectivity index (χ0v) is 17.0. The highest BCUT2D eigenvalue weighted by molar-refractivity contribution is 9.10. The summed E-state index contributed by atoms with van der Waals surface area (Å²) in [4.78, 5) is 17.9. The second-order valence-corrected chi connectivity index (χ2v) is 6.73. The van der Waals surface area contributed by atoms with E-state index in [1.54, 1.807) is 19.1 Å². The number of carbonyl (C=O) groups excluding carboxylic acids is 1. The summed E-state index contributed by atoms with van der Waals surface area (Å²) in [5.41, 5.74) is -0.337. The van der Waals surface area contributed by atoms with Crippen LogP contribution in [0, 0.1) is 25.2 Å². The van der Waals surface area contributed by atoms with Gasteiger partial charge >= 0.3 is 6.18 Å². The molecule has 148 valence electrons. The van der Waals surface area contributed by atoms with Crippen molar-refractivity contribution in [3.8, 4) is 11.9 Å². The maximum Gasteiger partial charge on any atom is 0.419 e. The van der Waals surface area contributed by atoms with E-state index in [0.717, 1.165) is 5.56 Å². The first-order valence-electron chi connectivity index (χ1n) is 8.27. The molecule has 1 aromatic carbocycles. The first-order valence-corrected chi connectivity index (χ1v) is 9.06. The fourth-order valence-corrected chi connectivity index (χ4v) is 3.15. The van der Waals surface area contributed by atoms with Crippen LogP contribution in [0.25, 0.3) is 0 Å². The van der Waals surface area contributed by atoms with E-state index >= 15 is 0 Å². The van der Waals surface area contributed by atoms with Gasteiger partial charge in [-0.15, -0.1) is 0 Å². The Hall–Kier alpha value is -2.60. The van der Waals surface area contributed by atoms with E-state index in [4.69, 9.17) is 4.74 Å². The topological polar surface area (TPSA) is 66.2 Å². The predicted octanol–water partition coefficient (Wildman–Crippen LogP) is 4.78. The quantitative estimate of drug-likeness (QED) is 0.650. The van der Waals surface area contributed by atoms with Gasteiger partial charge in [-0.3, -0.25) is 4.79 Å². The number of hydrogen-bond donors (Lipinski definition) is 0. The lowest BCUT2D eigenvalue weighted by molar-refractivity contribution is -0.138. The molecule has 0 spiro atoms. The highest BCUT2D eigenvalue weighted by Gasteiger charge is 2.39. The molecule has 0 radical (unpaired) electrons. The summed E-state index contributed by atoms with van der Waals surface area (Å²) in [6.07, 6.45) is -4.78. The fourth-order valence-electron chi connectivity index (χ4n) is 2.64. The number of rotatable bonds is 5. The fraction of sp³-hybridized carbons (Fsp3) is 0.316. The van der Waals surface area contributed by atoms with Crippen LogP contribution in [-0.4, -0.2) is 24.0 Å². The van der Waals surface area contributed by atoms with Crippen molar-refractivity contribution in [1.82, 2.24) is 4.98 Å². The van der Waals surface area contributed by atoms with Gasteiger partial charge in [-0.25, -0.2) is 4.98 Å². The van der Waals surface area contributed by atoms with E-state index in [2.05, 4.69) is 20.9 Å². The molecule has 28 heavy (non-hydrogen) atoms. The number of alkyl halides is 3. The van der Waals surface area contributed by atoms with Crippen molar-refractivity contribution < 1.29 is 22.7 Å². The SMILES string of the molecule is CCN(C(=O)COc1nc(C)c(Br)c(C(F)(F)F)c1C#N)c1cccc(C)c1. The summed E-state index contributed by atoms with van der Waals surface area (Å²) in [5.74, 6) is -0.989. The second-order valence-electron chi connectivity index (χ2n) is 5.94. The number of nitrogens with zero attached hydrogens (tertiary/aromatic N) is 3.